The molecule has 0 atom stereocenters. The first kappa shape index (κ1) is 35.4. The molecule has 12 aromatic rings. The van der Waals surface area contributed by atoms with Crippen LogP contribution in [0.2, 0.25) is 0 Å². The van der Waals surface area contributed by atoms with E-state index in [0.29, 0.717) is 17.5 Å². The minimum atomic E-state index is 0.647. The molecule has 5 nitrogen and oxygen atoms in total. The quantitative estimate of drug-likeness (QED) is 0.168. The Balaban J connectivity index is 0.985. The molecule has 0 unspecified atom stereocenters. The van der Waals surface area contributed by atoms with E-state index in [1.54, 1.807) is 0 Å². The van der Waals surface area contributed by atoms with E-state index in [0.717, 1.165) is 34.4 Å². The Kier molecular flexibility index (Phi) is 7.90. The number of aromatic nitrogens is 5. The second-order valence-corrected chi connectivity index (χ2v) is 16.3. The number of rotatable bonds is 6. The standard InChI is InChI=1S/C58H37N5/c1-4-17-37(18-5-1)56-59-57(38-19-6-2-7-20-38)61-58(60-56)40-22-14-21-39(35-40)42-27-15-28-43-44-29-16-32-53(50(44)36-49(42)43)63-52-31-13-11-26-46(52)48-34-33-47-45-25-10-12-30-51(45)62(54(47)55(48)63)41-23-8-3-9-24-41/h1-35H,36H2. The maximum absolute atomic E-state index is 5.06. The number of hydrogen-bond acceptors (Lipinski definition) is 3. The molecule has 0 aliphatic heterocycles. The van der Waals surface area contributed by atoms with Gasteiger partial charge in [-0.05, 0) is 69.8 Å². The maximum atomic E-state index is 5.06. The van der Waals surface area contributed by atoms with Gasteiger partial charge in [-0.2, -0.15) is 0 Å². The minimum absolute atomic E-state index is 0.647. The van der Waals surface area contributed by atoms with E-state index >= 15 is 0 Å². The van der Waals surface area contributed by atoms with Crippen LogP contribution in [0, 0.1) is 0 Å². The lowest BCUT2D eigenvalue weighted by molar-refractivity contribution is 1.07. The topological polar surface area (TPSA) is 48.5 Å². The Bertz CT molecular complexity index is 3700. The van der Waals surface area contributed by atoms with Gasteiger partial charge in [0.1, 0.15) is 0 Å². The molecule has 0 N–H and O–H groups in total. The zero-order chi connectivity index (χ0) is 41.4. The van der Waals surface area contributed by atoms with E-state index in [2.05, 4.69) is 185 Å². The van der Waals surface area contributed by atoms with Gasteiger partial charge < -0.3 is 9.13 Å². The molecule has 0 fully saturated rings. The van der Waals surface area contributed by atoms with Gasteiger partial charge in [-0.15, -0.1) is 0 Å². The minimum Gasteiger partial charge on any atom is -0.307 e. The van der Waals surface area contributed by atoms with Crippen molar-refractivity contribution in [2.75, 3.05) is 0 Å². The summed E-state index contributed by atoms with van der Waals surface area (Å²) in [6.45, 7) is 0. The molecule has 5 heteroatoms. The fourth-order valence-corrected chi connectivity index (χ4v) is 10.1. The van der Waals surface area contributed by atoms with Gasteiger partial charge in [-0.3, -0.25) is 0 Å². The van der Waals surface area contributed by atoms with Crippen LogP contribution < -0.4 is 0 Å². The summed E-state index contributed by atoms with van der Waals surface area (Å²) in [5.74, 6) is 1.95. The fraction of sp³-hybridized carbons (Fsp3) is 0.0172. The van der Waals surface area contributed by atoms with Crippen LogP contribution in [0.15, 0.2) is 212 Å². The zero-order valence-electron chi connectivity index (χ0n) is 34.2. The Morgan fingerprint density at radius 2 is 0.778 bits per heavy atom. The zero-order valence-corrected chi connectivity index (χ0v) is 34.2. The highest BCUT2D eigenvalue weighted by atomic mass is 15.1. The highest BCUT2D eigenvalue weighted by Gasteiger charge is 2.28. The molecule has 0 bridgehead atoms. The average Bonchev–Trinajstić information content (AvgIpc) is 4.03. The summed E-state index contributed by atoms with van der Waals surface area (Å²) in [5, 5.41) is 4.98. The molecule has 13 rings (SSSR count). The number of nitrogens with zero attached hydrogens (tertiary/aromatic N) is 5. The highest BCUT2D eigenvalue weighted by Crippen LogP contribution is 2.47. The van der Waals surface area contributed by atoms with Gasteiger partial charge in [-0.25, -0.2) is 15.0 Å². The number of benzene rings is 9. The van der Waals surface area contributed by atoms with Gasteiger partial charge in [0.25, 0.3) is 0 Å². The van der Waals surface area contributed by atoms with Crippen molar-refractivity contribution in [2.45, 2.75) is 6.42 Å². The van der Waals surface area contributed by atoms with Gasteiger partial charge >= 0.3 is 0 Å². The smallest absolute Gasteiger partial charge is 0.164 e. The molecule has 3 aromatic heterocycles. The van der Waals surface area contributed by atoms with E-state index in [1.165, 1.54) is 77.1 Å². The predicted molar refractivity (Wildman–Crippen MR) is 258 cm³/mol. The van der Waals surface area contributed by atoms with Crippen LogP contribution in [0.1, 0.15) is 11.1 Å². The van der Waals surface area contributed by atoms with E-state index < -0.39 is 0 Å². The molecule has 0 saturated heterocycles. The Morgan fingerprint density at radius 1 is 0.317 bits per heavy atom. The largest absolute Gasteiger partial charge is 0.307 e. The monoisotopic (exact) mass is 803 g/mol. The molecule has 3 heterocycles. The van der Waals surface area contributed by atoms with Crippen molar-refractivity contribution in [3.63, 3.8) is 0 Å². The molecule has 9 aromatic carbocycles. The molecule has 0 amide bonds. The molecule has 294 valence electrons. The van der Waals surface area contributed by atoms with Crippen LogP contribution in [0.4, 0.5) is 0 Å². The van der Waals surface area contributed by atoms with Crippen molar-refractivity contribution < 1.29 is 0 Å². The van der Waals surface area contributed by atoms with E-state index in [-0.39, 0.29) is 0 Å². The van der Waals surface area contributed by atoms with Crippen LogP contribution in [0.3, 0.4) is 0 Å². The van der Waals surface area contributed by atoms with Crippen molar-refractivity contribution >= 4 is 43.6 Å². The lowest BCUT2D eigenvalue weighted by atomic mass is 9.94. The third-order valence-corrected chi connectivity index (χ3v) is 12.8. The van der Waals surface area contributed by atoms with Crippen LogP contribution in [-0.2, 0) is 6.42 Å². The first-order valence-electron chi connectivity index (χ1n) is 21.5. The average molecular weight is 804 g/mol. The Labute approximate surface area is 363 Å². The normalized spacial score (nSPS) is 12.1. The lowest BCUT2D eigenvalue weighted by Gasteiger charge is -2.15. The maximum Gasteiger partial charge on any atom is 0.164 e. The molecule has 63 heavy (non-hydrogen) atoms. The lowest BCUT2D eigenvalue weighted by Crippen LogP contribution is -2.01. The van der Waals surface area contributed by atoms with Crippen molar-refractivity contribution in [2.24, 2.45) is 0 Å². The number of hydrogen-bond donors (Lipinski definition) is 0. The summed E-state index contributed by atoms with van der Waals surface area (Å²) in [4.78, 5) is 15.1. The fourth-order valence-electron chi connectivity index (χ4n) is 10.1. The second kappa shape index (κ2) is 14.1. The second-order valence-electron chi connectivity index (χ2n) is 16.3. The number of para-hydroxylation sites is 3. The van der Waals surface area contributed by atoms with E-state index in [9.17, 15) is 0 Å². The van der Waals surface area contributed by atoms with Gasteiger partial charge in [0.05, 0.1) is 27.8 Å². The third kappa shape index (κ3) is 5.53. The van der Waals surface area contributed by atoms with Crippen LogP contribution in [0.5, 0.6) is 0 Å². The summed E-state index contributed by atoms with van der Waals surface area (Å²) < 4.78 is 5.01. The van der Waals surface area contributed by atoms with Crippen molar-refractivity contribution in [3.8, 4) is 67.8 Å². The summed E-state index contributed by atoms with van der Waals surface area (Å²) in [6, 6.07) is 75.8. The van der Waals surface area contributed by atoms with Crippen LogP contribution in [-0.4, -0.2) is 24.1 Å². The first-order valence-corrected chi connectivity index (χ1v) is 21.5. The summed E-state index contributed by atoms with van der Waals surface area (Å²) in [6.07, 6.45) is 0.801. The van der Waals surface area contributed by atoms with Crippen molar-refractivity contribution in [1.29, 1.82) is 0 Å². The molecule has 0 saturated carbocycles. The van der Waals surface area contributed by atoms with Gasteiger partial charge in [0.15, 0.2) is 17.5 Å². The first-order chi connectivity index (χ1) is 31.3. The van der Waals surface area contributed by atoms with Crippen molar-refractivity contribution in [1.82, 2.24) is 24.1 Å². The molecular weight excluding hydrogens is 767 g/mol. The summed E-state index contributed by atoms with van der Waals surface area (Å²) in [5.41, 5.74) is 17.6. The van der Waals surface area contributed by atoms with E-state index in [1.807, 2.05) is 36.4 Å². The summed E-state index contributed by atoms with van der Waals surface area (Å²) in [7, 11) is 0. The third-order valence-electron chi connectivity index (χ3n) is 12.8. The summed E-state index contributed by atoms with van der Waals surface area (Å²) >= 11 is 0. The van der Waals surface area contributed by atoms with Crippen LogP contribution in [0.25, 0.3) is 111 Å². The van der Waals surface area contributed by atoms with Crippen molar-refractivity contribution in [3.05, 3.63) is 223 Å². The molecular formula is C58H37N5. The number of fused-ring (bicyclic) bond motifs is 10. The van der Waals surface area contributed by atoms with Gasteiger partial charge in [0, 0.05) is 50.3 Å². The van der Waals surface area contributed by atoms with Gasteiger partial charge in [-0.1, -0.05) is 176 Å². The molecule has 1 aliphatic rings. The van der Waals surface area contributed by atoms with E-state index in [4.69, 9.17) is 15.0 Å². The van der Waals surface area contributed by atoms with Crippen LogP contribution >= 0.6 is 0 Å². The Morgan fingerprint density at radius 3 is 1.43 bits per heavy atom. The molecule has 1 aliphatic carbocycles. The predicted octanol–water partition coefficient (Wildman–Crippen LogP) is 14.3. The highest BCUT2D eigenvalue weighted by molar-refractivity contribution is 6.24. The molecule has 0 spiro atoms. The van der Waals surface area contributed by atoms with Gasteiger partial charge in [0.2, 0.25) is 0 Å². The molecule has 0 radical (unpaired) electrons. The SMILES string of the molecule is c1ccc(-c2nc(-c3ccccc3)nc(-c3cccc(-c4cccc5c4Cc4c-5cccc4-n4c5ccccc5c5ccc6c7ccccc7n(-c7ccccc7)c6c54)c3)n2)cc1. The Hall–Kier alpha value is -8.41.